The molecule has 0 unspecified atom stereocenters. The molecule has 3 rings (SSSR count). The van der Waals surface area contributed by atoms with E-state index in [4.69, 9.17) is 0 Å². The zero-order valence-corrected chi connectivity index (χ0v) is 11.8. The molecule has 0 spiro atoms. The second kappa shape index (κ2) is 4.26. The second-order valence-corrected chi connectivity index (χ2v) is 6.69. The van der Waals surface area contributed by atoms with Crippen LogP contribution in [0.2, 0.25) is 0 Å². The van der Waals surface area contributed by atoms with Crippen molar-refractivity contribution >= 4 is 6.08 Å². The number of allylic oxidation sites excluding steroid dienone is 1. The molecule has 95 valence electrons. The van der Waals surface area contributed by atoms with Crippen molar-refractivity contribution < 1.29 is 0 Å². The van der Waals surface area contributed by atoms with Crippen LogP contribution in [0.4, 0.5) is 0 Å². The van der Waals surface area contributed by atoms with Gasteiger partial charge in [-0.2, -0.15) is 0 Å². The Hall–Kier alpha value is -1.04. The Balaban J connectivity index is 1.90. The van der Waals surface area contributed by atoms with Gasteiger partial charge in [-0.25, -0.2) is 0 Å². The normalized spacial score (nSPS) is 20.2. The first-order valence-corrected chi connectivity index (χ1v) is 7.29. The van der Waals surface area contributed by atoms with Gasteiger partial charge in [0.2, 0.25) is 0 Å². The van der Waals surface area contributed by atoms with Crippen LogP contribution in [0, 0.1) is 11.3 Å². The second-order valence-electron chi connectivity index (χ2n) is 6.69. The van der Waals surface area contributed by atoms with E-state index in [1.54, 1.807) is 17.0 Å². The van der Waals surface area contributed by atoms with Crippen LogP contribution in [0.1, 0.15) is 62.3 Å². The van der Waals surface area contributed by atoms with Gasteiger partial charge >= 0.3 is 0 Å². The van der Waals surface area contributed by atoms with Gasteiger partial charge in [-0.15, -0.1) is 0 Å². The highest BCUT2D eigenvalue weighted by Crippen LogP contribution is 2.41. The largest absolute Gasteiger partial charge is 0.0721 e. The van der Waals surface area contributed by atoms with Gasteiger partial charge < -0.3 is 0 Å². The summed E-state index contributed by atoms with van der Waals surface area (Å²) < 4.78 is 0. The van der Waals surface area contributed by atoms with Crippen molar-refractivity contribution in [3.05, 3.63) is 46.4 Å². The maximum atomic E-state index is 2.48. The van der Waals surface area contributed by atoms with E-state index in [9.17, 15) is 0 Å². The van der Waals surface area contributed by atoms with Gasteiger partial charge in [-0.05, 0) is 46.9 Å². The molecule has 0 saturated heterocycles. The van der Waals surface area contributed by atoms with Crippen molar-refractivity contribution in [1.29, 1.82) is 0 Å². The zero-order valence-electron chi connectivity index (χ0n) is 11.8. The highest BCUT2D eigenvalue weighted by Gasteiger charge is 2.30. The van der Waals surface area contributed by atoms with Gasteiger partial charge in [-0.3, -0.25) is 0 Å². The Morgan fingerprint density at radius 3 is 2.50 bits per heavy atom. The molecule has 0 atom stereocenters. The summed E-state index contributed by atoms with van der Waals surface area (Å²) >= 11 is 0. The van der Waals surface area contributed by atoms with Crippen LogP contribution in [0.15, 0.2) is 18.2 Å². The van der Waals surface area contributed by atoms with Crippen LogP contribution < -0.4 is 0 Å². The summed E-state index contributed by atoms with van der Waals surface area (Å²) in [4.78, 5) is 0. The number of fused-ring (bicyclic) bond motifs is 2. The van der Waals surface area contributed by atoms with Crippen molar-refractivity contribution in [3.8, 4) is 0 Å². The summed E-state index contributed by atoms with van der Waals surface area (Å²) in [5.41, 5.74) is 6.61. The van der Waals surface area contributed by atoms with Crippen LogP contribution in [-0.2, 0) is 12.8 Å². The van der Waals surface area contributed by atoms with Gasteiger partial charge in [0, 0.05) is 5.92 Å². The van der Waals surface area contributed by atoms with Crippen molar-refractivity contribution in [2.45, 2.75) is 52.9 Å². The van der Waals surface area contributed by atoms with Crippen LogP contribution in [0.25, 0.3) is 6.08 Å². The lowest BCUT2D eigenvalue weighted by atomic mass is 9.90. The van der Waals surface area contributed by atoms with Crippen LogP contribution in [0.3, 0.4) is 0 Å². The van der Waals surface area contributed by atoms with E-state index in [1.165, 1.54) is 43.2 Å². The van der Waals surface area contributed by atoms with Crippen LogP contribution >= 0.6 is 0 Å². The lowest BCUT2D eigenvalue weighted by Gasteiger charge is -2.14. The van der Waals surface area contributed by atoms with Gasteiger partial charge in [-0.1, -0.05) is 57.9 Å². The van der Waals surface area contributed by atoms with E-state index >= 15 is 0 Å². The first kappa shape index (κ1) is 12.0. The summed E-state index contributed by atoms with van der Waals surface area (Å²) in [6, 6.07) is 4.92. The molecular formula is C18H23. The molecule has 0 heterocycles. The lowest BCUT2D eigenvalue weighted by Crippen LogP contribution is -2.09. The monoisotopic (exact) mass is 239 g/mol. The molecule has 0 nitrogen and oxygen atoms in total. The molecule has 1 aromatic rings. The first-order chi connectivity index (χ1) is 8.59. The first-order valence-electron chi connectivity index (χ1n) is 7.29. The molecule has 0 saturated carbocycles. The van der Waals surface area contributed by atoms with Gasteiger partial charge in [0.1, 0.15) is 0 Å². The Labute approximate surface area is 111 Å². The minimum absolute atomic E-state index is 0.463. The predicted molar refractivity (Wildman–Crippen MR) is 78.5 cm³/mol. The summed E-state index contributed by atoms with van der Waals surface area (Å²) in [5, 5.41) is 0. The number of rotatable bonds is 3. The molecule has 2 aliphatic carbocycles. The smallest absolute Gasteiger partial charge is 0.0273 e. The van der Waals surface area contributed by atoms with E-state index in [0.29, 0.717) is 5.41 Å². The fourth-order valence-corrected chi connectivity index (χ4v) is 3.41. The molecule has 0 N–H and O–H groups in total. The van der Waals surface area contributed by atoms with E-state index in [0.717, 1.165) is 0 Å². The standard InChI is InChI=1S/C18H23/c1-4-5-6-13-7-8-14-9-15-11-18(2,3)12-16(15)10-17(13)14/h7-10H,4-6,11-12H2,1-3H3. The summed E-state index contributed by atoms with van der Waals surface area (Å²) in [5.74, 6) is 1.55. The quantitative estimate of drug-likeness (QED) is 0.700. The average Bonchev–Trinajstić information content (AvgIpc) is 2.81. The maximum Gasteiger partial charge on any atom is 0.0273 e. The van der Waals surface area contributed by atoms with Crippen molar-refractivity contribution in [1.82, 2.24) is 0 Å². The summed E-state index contributed by atoms with van der Waals surface area (Å²) in [6.07, 6.45) is 11.0. The fraction of sp³-hybridized carbons (Fsp3) is 0.500. The molecule has 0 bridgehead atoms. The Morgan fingerprint density at radius 2 is 1.78 bits per heavy atom. The molecule has 2 aliphatic rings. The van der Waals surface area contributed by atoms with Crippen molar-refractivity contribution in [2.75, 3.05) is 0 Å². The van der Waals surface area contributed by atoms with E-state index < -0.39 is 0 Å². The van der Waals surface area contributed by atoms with Gasteiger partial charge in [0.15, 0.2) is 0 Å². The topological polar surface area (TPSA) is 0 Å². The SMILES string of the molecule is CCCC[C]1C=Cc2cc3c(cc21)CC(C)(C)C3. The molecule has 1 radical (unpaired) electrons. The van der Waals surface area contributed by atoms with Crippen LogP contribution in [0.5, 0.6) is 0 Å². The highest BCUT2D eigenvalue weighted by atomic mass is 14.3. The van der Waals surface area contributed by atoms with E-state index in [1.807, 2.05) is 0 Å². The molecule has 0 fully saturated rings. The highest BCUT2D eigenvalue weighted by molar-refractivity contribution is 5.70. The molecule has 0 aromatic heterocycles. The minimum Gasteiger partial charge on any atom is -0.0721 e. The van der Waals surface area contributed by atoms with Crippen LogP contribution in [-0.4, -0.2) is 0 Å². The average molecular weight is 239 g/mol. The number of hydrogen-bond donors (Lipinski definition) is 0. The van der Waals surface area contributed by atoms with Crippen molar-refractivity contribution in [2.24, 2.45) is 5.41 Å². The fourth-order valence-electron chi connectivity index (χ4n) is 3.41. The number of hydrogen-bond acceptors (Lipinski definition) is 0. The molecule has 18 heavy (non-hydrogen) atoms. The number of unbranched alkanes of at least 4 members (excludes halogenated alkanes) is 1. The van der Waals surface area contributed by atoms with Gasteiger partial charge in [0.05, 0.1) is 0 Å². The summed E-state index contributed by atoms with van der Waals surface area (Å²) in [7, 11) is 0. The molecule has 1 aromatic carbocycles. The Kier molecular flexibility index (Phi) is 2.84. The van der Waals surface area contributed by atoms with E-state index in [-0.39, 0.29) is 0 Å². The van der Waals surface area contributed by atoms with E-state index in [2.05, 4.69) is 45.1 Å². The Bertz CT molecular complexity index is 491. The molecule has 0 heteroatoms. The number of benzene rings is 1. The van der Waals surface area contributed by atoms with Crippen molar-refractivity contribution in [3.63, 3.8) is 0 Å². The predicted octanol–water partition coefficient (Wildman–Crippen LogP) is 4.95. The Morgan fingerprint density at radius 1 is 1.06 bits per heavy atom. The lowest BCUT2D eigenvalue weighted by molar-refractivity contribution is 0.392. The molecule has 0 aliphatic heterocycles. The molecular weight excluding hydrogens is 216 g/mol. The third-order valence-electron chi connectivity index (χ3n) is 4.32. The zero-order chi connectivity index (χ0) is 12.8. The summed E-state index contributed by atoms with van der Waals surface area (Å²) in [6.45, 7) is 7.04. The maximum absolute atomic E-state index is 2.48. The van der Waals surface area contributed by atoms with Gasteiger partial charge in [0.25, 0.3) is 0 Å². The third kappa shape index (κ3) is 2.02. The minimum atomic E-state index is 0.463. The third-order valence-corrected chi connectivity index (χ3v) is 4.32. The molecule has 0 amide bonds.